The quantitative estimate of drug-likeness (QED) is 0.695. The lowest BCUT2D eigenvalue weighted by molar-refractivity contribution is -0.130. The second-order valence-electron chi connectivity index (χ2n) is 6.41. The van der Waals surface area contributed by atoms with E-state index >= 15 is 0 Å². The number of piperazine rings is 1. The molecule has 4 rings (SSSR count). The fourth-order valence-electron chi connectivity index (χ4n) is 3.13. The molecule has 1 amide bonds. The summed E-state index contributed by atoms with van der Waals surface area (Å²) in [7, 11) is 0. The van der Waals surface area contributed by atoms with E-state index < -0.39 is 0 Å². The third-order valence-electron chi connectivity index (χ3n) is 4.65. The van der Waals surface area contributed by atoms with Crippen LogP contribution >= 0.6 is 11.3 Å². The Balaban J connectivity index is 1.35. The number of amides is 1. The van der Waals surface area contributed by atoms with Crippen LogP contribution in [0, 0.1) is 5.82 Å². The molecule has 0 aliphatic carbocycles. The van der Waals surface area contributed by atoms with Gasteiger partial charge in [0.1, 0.15) is 5.82 Å². The molecule has 0 unspecified atom stereocenters. The van der Waals surface area contributed by atoms with Gasteiger partial charge in [0, 0.05) is 36.6 Å². The number of thiophene rings is 1. The average Bonchev–Trinajstić information content (AvgIpc) is 3.22. The lowest BCUT2D eigenvalue weighted by atomic mass is 10.1. The van der Waals surface area contributed by atoms with E-state index in [2.05, 4.69) is 15.1 Å². The minimum absolute atomic E-state index is 0.176. The fraction of sp³-hybridized carbons (Fsp3) is 0.250. The van der Waals surface area contributed by atoms with E-state index in [1.165, 1.54) is 12.1 Å². The second-order valence-corrected chi connectivity index (χ2v) is 7.44. The Labute approximate surface area is 161 Å². The van der Waals surface area contributed by atoms with Crippen molar-refractivity contribution in [1.82, 2.24) is 15.1 Å². The molecule has 0 spiro atoms. The Morgan fingerprint density at radius 3 is 2.41 bits per heavy atom. The molecule has 0 atom stereocenters. The number of rotatable bonds is 4. The standard InChI is InChI=1S/C20H19FN4OS/c21-16-5-3-15(4-6-16)18-7-8-19(23-22-18)24-9-11-25(12-10-24)20(26)14-17-2-1-13-27-17/h1-8,13H,9-12,14H2. The molecule has 1 saturated heterocycles. The summed E-state index contributed by atoms with van der Waals surface area (Å²) in [4.78, 5) is 17.5. The number of carbonyl (C=O) groups is 1. The molecule has 2 aromatic heterocycles. The number of nitrogens with zero attached hydrogens (tertiary/aromatic N) is 4. The summed E-state index contributed by atoms with van der Waals surface area (Å²) in [5.41, 5.74) is 1.54. The third kappa shape index (κ3) is 4.14. The van der Waals surface area contributed by atoms with Crippen LogP contribution in [0.25, 0.3) is 11.3 Å². The van der Waals surface area contributed by atoms with Crippen LogP contribution < -0.4 is 4.90 Å². The molecule has 3 heterocycles. The van der Waals surface area contributed by atoms with Gasteiger partial charge in [0.2, 0.25) is 5.91 Å². The highest BCUT2D eigenvalue weighted by Crippen LogP contribution is 2.20. The van der Waals surface area contributed by atoms with E-state index in [4.69, 9.17) is 0 Å². The summed E-state index contributed by atoms with van der Waals surface area (Å²) < 4.78 is 13.0. The number of hydrogen-bond donors (Lipinski definition) is 0. The van der Waals surface area contributed by atoms with Crippen LogP contribution in [-0.4, -0.2) is 47.2 Å². The number of benzene rings is 1. The smallest absolute Gasteiger partial charge is 0.227 e. The molecular weight excluding hydrogens is 363 g/mol. The van der Waals surface area contributed by atoms with Gasteiger partial charge < -0.3 is 9.80 Å². The van der Waals surface area contributed by atoms with Crippen molar-refractivity contribution in [2.45, 2.75) is 6.42 Å². The zero-order valence-electron chi connectivity index (χ0n) is 14.7. The zero-order valence-corrected chi connectivity index (χ0v) is 15.5. The molecule has 0 saturated carbocycles. The number of halogens is 1. The SMILES string of the molecule is O=C(Cc1cccs1)N1CCN(c2ccc(-c3ccc(F)cc3)nn2)CC1. The van der Waals surface area contributed by atoms with Crippen molar-refractivity contribution < 1.29 is 9.18 Å². The first-order valence-corrected chi connectivity index (χ1v) is 9.72. The zero-order chi connectivity index (χ0) is 18.6. The summed E-state index contributed by atoms with van der Waals surface area (Å²) in [6, 6.07) is 14.0. The predicted molar refractivity (Wildman–Crippen MR) is 104 cm³/mol. The van der Waals surface area contributed by atoms with Gasteiger partial charge in [0.25, 0.3) is 0 Å². The van der Waals surface area contributed by atoms with Crippen LogP contribution in [0.15, 0.2) is 53.9 Å². The molecule has 0 N–H and O–H groups in total. The maximum Gasteiger partial charge on any atom is 0.227 e. The lowest BCUT2D eigenvalue weighted by Crippen LogP contribution is -2.49. The van der Waals surface area contributed by atoms with E-state index in [1.54, 1.807) is 23.5 Å². The monoisotopic (exact) mass is 382 g/mol. The maximum absolute atomic E-state index is 13.0. The number of anilines is 1. The Morgan fingerprint density at radius 2 is 1.78 bits per heavy atom. The Hall–Kier alpha value is -2.80. The Bertz CT molecular complexity index is 889. The molecule has 7 heteroatoms. The van der Waals surface area contributed by atoms with E-state index in [9.17, 15) is 9.18 Å². The Kier molecular flexibility index (Phi) is 5.11. The summed E-state index contributed by atoms with van der Waals surface area (Å²) in [5, 5.41) is 10.6. The van der Waals surface area contributed by atoms with Gasteiger partial charge in [-0.15, -0.1) is 21.5 Å². The minimum Gasteiger partial charge on any atom is -0.352 e. The van der Waals surface area contributed by atoms with Crippen LogP contribution in [-0.2, 0) is 11.2 Å². The molecule has 27 heavy (non-hydrogen) atoms. The van der Waals surface area contributed by atoms with Crippen LogP contribution in [0.2, 0.25) is 0 Å². The molecule has 0 radical (unpaired) electrons. The maximum atomic E-state index is 13.0. The van der Waals surface area contributed by atoms with Gasteiger partial charge >= 0.3 is 0 Å². The van der Waals surface area contributed by atoms with Crippen LogP contribution in [0.3, 0.4) is 0 Å². The molecule has 1 aliphatic heterocycles. The fourth-order valence-corrected chi connectivity index (χ4v) is 3.82. The molecule has 3 aromatic rings. The highest BCUT2D eigenvalue weighted by atomic mass is 32.1. The van der Waals surface area contributed by atoms with Crippen molar-refractivity contribution in [3.63, 3.8) is 0 Å². The average molecular weight is 382 g/mol. The lowest BCUT2D eigenvalue weighted by Gasteiger charge is -2.35. The molecular formula is C20H19FN4OS. The first-order valence-electron chi connectivity index (χ1n) is 8.84. The van der Waals surface area contributed by atoms with E-state index in [0.29, 0.717) is 25.2 Å². The first kappa shape index (κ1) is 17.6. The summed E-state index contributed by atoms with van der Waals surface area (Å²) in [6.07, 6.45) is 0.476. The van der Waals surface area contributed by atoms with E-state index in [1.807, 2.05) is 34.5 Å². The third-order valence-corrected chi connectivity index (χ3v) is 5.53. The number of carbonyl (C=O) groups excluding carboxylic acids is 1. The number of aromatic nitrogens is 2. The van der Waals surface area contributed by atoms with Gasteiger partial charge in [-0.2, -0.15) is 0 Å². The molecule has 5 nitrogen and oxygen atoms in total. The van der Waals surface area contributed by atoms with Crippen molar-refractivity contribution in [1.29, 1.82) is 0 Å². The largest absolute Gasteiger partial charge is 0.352 e. The van der Waals surface area contributed by atoms with E-state index in [-0.39, 0.29) is 11.7 Å². The number of hydrogen-bond acceptors (Lipinski definition) is 5. The summed E-state index contributed by atoms with van der Waals surface area (Å²) in [5.74, 6) is 0.705. The highest BCUT2D eigenvalue weighted by molar-refractivity contribution is 7.10. The van der Waals surface area contributed by atoms with Gasteiger partial charge in [-0.05, 0) is 47.8 Å². The first-order chi connectivity index (χ1) is 13.2. The topological polar surface area (TPSA) is 49.3 Å². The van der Waals surface area contributed by atoms with Gasteiger partial charge in [-0.25, -0.2) is 4.39 Å². The van der Waals surface area contributed by atoms with Crippen LogP contribution in [0.4, 0.5) is 10.2 Å². The predicted octanol–water partition coefficient (Wildman–Crippen LogP) is 3.24. The van der Waals surface area contributed by atoms with Gasteiger partial charge in [-0.1, -0.05) is 6.07 Å². The minimum atomic E-state index is -0.269. The van der Waals surface area contributed by atoms with E-state index in [0.717, 1.165) is 29.3 Å². The van der Waals surface area contributed by atoms with Gasteiger partial charge in [-0.3, -0.25) is 4.79 Å². The van der Waals surface area contributed by atoms with Crippen LogP contribution in [0.1, 0.15) is 4.88 Å². The molecule has 138 valence electrons. The molecule has 1 fully saturated rings. The van der Waals surface area contributed by atoms with Gasteiger partial charge in [0.15, 0.2) is 5.82 Å². The van der Waals surface area contributed by atoms with Crippen molar-refractivity contribution in [2.24, 2.45) is 0 Å². The molecule has 1 aliphatic rings. The highest BCUT2D eigenvalue weighted by Gasteiger charge is 2.22. The van der Waals surface area contributed by atoms with Crippen molar-refractivity contribution in [3.05, 3.63) is 64.6 Å². The van der Waals surface area contributed by atoms with Crippen molar-refractivity contribution in [3.8, 4) is 11.3 Å². The normalized spacial score (nSPS) is 14.4. The molecule has 0 bridgehead atoms. The summed E-state index contributed by atoms with van der Waals surface area (Å²) in [6.45, 7) is 2.85. The van der Waals surface area contributed by atoms with Gasteiger partial charge in [0.05, 0.1) is 12.1 Å². The van der Waals surface area contributed by atoms with Crippen molar-refractivity contribution in [2.75, 3.05) is 31.1 Å². The second kappa shape index (κ2) is 7.84. The summed E-state index contributed by atoms with van der Waals surface area (Å²) >= 11 is 1.62. The molecule has 1 aromatic carbocycles. The van der Waals surface area contributed by atoms with Crippen LogP contribution in [0.5, 0.6) is 0 Å². The van der Waals surface area contributed by atoms with Crippen molar-refractivity contribution >= 4 is 23.1 Å². The Morgan fingerprint density at radius 1 is 1.00 bits per heavy atom.